The van der Waals surface area contributed by atoms with Crippen LogP contribution in [0.3, 0.4) is 0 Å². The number of hydrogen-bond donors (Lipinski definition) is 1. The van der Waals surface area contributed by atoms with E-state index in [1.807, 2.05) is 0 Å². The molecule has 2 rings (SSSR count). The fraction of sp³-hybridized carbons (Fsp3) is 0.500. The Kier molecular flexibility index (Phi) is 5.82. The third-order valence-electron chi connectivity index (χ3n) is 2.92. The van der Waals surface area contributed by atoms with E-state index < -0.39 is 11.6 Å². The molecule has 5 heteroatoms. The normalized spacial score (nSPS) is 16.6. The van der Waals surface area contributed by atoms with Crippen LogP contribution in [0, 0.1) is 11.6 Å². The van der Waals surface area contributed by atoms with Gasteiger partial charge in [0.2, 0.25) is 0 Å². The van der Waals surface area contributed by atoms with E-state index in [0.717, 1.165) is 38.8 Å². The SMILES string of the molecule is Cl.Fc1ccc(CCN2CCNCC2)c(F)c1. The van der Waals surface area contributed by atoms with E-state index in [0.29, 0.717) is 12.0 Å². The summed E-state index contributed by atoms with van der Waals surface area (Å²) < 4.78 is 26.0. The Morgan fingerprint density at radius 1 is 1.18 bits per heavy atom. The summed E-state index contributed by atoms with van der Waals surface area (Å²) in [6, 6.07) is 3.80. The molecular formula is C12H17ClF2N2. The molecule has 1 N–H and O–H groups in total. The van der Waals surface area contributed by atoms with Gasteiger partial charge in [-0.1, -0.05) is 6.07 Å². The van der Waals surface area contributed by atoms with Gasteiger partial charge < -0.3 is 10.2 Å². The van der Waals surface area contributed by atoms with E-state index >= 15 is 0 Å². The molecule has 2 nitrogen and oxygen atoms in total. The van der Waals surface area contributed by atoms with E-state index in [1.165, 1.54) is 12.1 Å². The highest BCUT2D eigenvalue weighted by Gasteiger charge is 2.10. The maximum Gasteiger partial charge on any atom is 0.129 e. The van der Waals surface area contributed by atoms with Crippen molar-refractivity contribution in [3.8, 4) is 0 Å². The molecule has 0 aromatic heterocycles. The van der Waals surface area contributed by atoms with Gasteiger partial charge in [-0.25, -0.2) is 8.78 Å². The predicted molar refractivity (Wildman–Crippen MR) is 66.6 cm³/mol. The minimum absolute atomic E-state index is 0. The molecule has 0 aliphatic carbocycles. The zero-order chi connectivity index (χ0) is 11.4. The van der Waals surface area contributed by atoms with Crippen LogP contribution in [-0.4, -0.2) is 37.6 Å². The van der Waals surface area contributed by atoms with Crippen molar-refractivity contribution in [2.45, 2.75) is 6.42 Å². The highest BCUT2D eigenvalue weighted by atomic mass is 35.5. The van der Waals surface area contributed by atoms with Crippen LogP contribution < -0.4 is 5.32 Å². The molecule has 96 valence electrons. The van der Waals surface area contributed by atoms with Gasteiger partial charge in [-0.05, 0) is 18.1 Å². The molecule has 1 fully saturated rings. The summed E-state index contributed by atoms with van der Waals surface area (Å²) >= 11 is 0. The molecule has 1 heterocycles. The minimum atomic E-state index is -0.511. The molecule has 1 aliphatic heterocycles. The van der Waals surface area contributed by atoms with E-state index in [2.05, 4.69) is 10.2 Å². The van der Waals surface area contributed by atoms with Gasteiger partial charge in [0.05, 0.1) is 0 Å². The van der Waals surface area contributed by atoms with Gasteiger partial charge in [0.1, 0.15) is 11.6 Å². The highest BCUT2D eigenvalue weighted by molar-refractivity contribution is 5.85. The number of halogens is 3. The number of hydrogen-bond acceptors (Lipinski definition) is 2. The van der Waals surface area contributed by atoms with Crippen LogP contribution in [0.4, 0.5) is 8.78 Å². The summed E-state index contributed by atoms with van der Waals surface area (Å²) in [5.74, 6) is -0.946. The van der Waals surface area contributed by atoms with Crippen molar-refractivity contribution in [2.24, 2.45) is 0 Å². The second-order valence-electron chi connectivity index (χ2n) is 4.08. The third kappa shape index (κ3) is 4.22. The summed E-state index contributed by atoms with van der Waals surface area (Å²) in [5.41, 5.74) is 0.597. The Balaban J connectivity index is 0.00000144. The summed E-state index contributed by atoms with van der Waals surface area (Å²) in [6.07, 6.45) is 0.645. The van der Waals surface area contributed by atoms with Crippen molar-refractivity contribution >= 4 is 12.4 Å². The minimum Gasteiger partial charge on any atom is -0.314 e. The van der Waals surface area contributed by atoms with Crippen molar-refractivity contribution < 1.29 is 8.78 Å². The van der Waals surface area contributed by atoms with E-state index in [-0.39, 0.29) is 12.4 Å². The van der Waals surface area contributed by atoms with Crippen molar-refractivity contribution in [1.29, 1.82) is 0 Å². The first kappa shape index (κ1) is 14.4. The standard InChI is InChI=1S/C12H16F2N2.ClH/c13-11-2-1-10(12(14)9-11)3-6-16-7-4-15-5-8-16;/h1-2,9,15H,3-8H2;1H. The number of rotatable bonds is 3. The van der Waals surface area contributed by atoms with Crippen LogP contribution in [0.15, 0.2) is 18.2 Å². The lowest BCUT2D eigenvalue weighted by Gasteiger charge is -2.27. The third-order valence-corrected chi connectivity index (χ3v) is 2.92. The Morgan fingerprint density at radius 2 is 1.88 bits per heavy atom. The van der Waals surface area contributed by atoms with Gasteiger partial charge in [0.25, 0.3) is 0 Å². The summed E-state index contributed by atoms with van der Waals surface area (Å²) in [4.78, 5) is 2.29. The summed E-state index contributed by atoms with van der Waals surface area (Å²) in [7, 11) is 0. The van der Waals surface area contributed by atoms with Crippen molar-refractivity contribution in [2.75, 3.05) is 32.7 Å². The van der Waals surface area contributed by atoms with Gasteiger partial charge >= 0.3 is 0 Å². The lowest BCUT2D eigenvalue weighted by Crippen LogP contribution is -2.44. The van der Waals surface area contributed by atoms with Crippen molar-refractivity contribution in [1.82, 2.24) is 10.2 Å². The van der Waals surface area contributed by atoms with E-state index in [1.54, 1.807) is 0 Å². The summed E-state index contributed by atoms with van der Waals surface area (Å²) in [6.45, 7) is 4.83. The molecule has 0 spiro atoms. The Hall–Kier alpha value is -0.710. The van der Waals surface area contributed by atoms with Gasteiger partial charge in [0, 0.05) is 38.8 Å². The quantitative estimate of drug-likeness (QED) is 0.894. The van der Waals surface area contributed by atoms with Gasteiger partial charge in [-0.3, -0.25) is 0 Å². The molecule has 0 amide bonds. The van der Waals surface area contributed by atoms with Crippen molar-refractivity contribution in [3.63, 3.8) is 0 Å². The fourth-order valence-corrected chi connectivity index (χ4v) is 1.94. The highest BCUT2D eigenvalue weighted by Crippen LogP contribution is 2.10. The second-order valence-corrected chi connectivity index (χ2v) is 4.08. The Morgan fingerprint density at radius 3 is 2.53 bits per heavy atom. The molecule has 0 radical (unpaired) electrons. The number of nitrogens with zero attached hydrogens (tertiary/aromatic N) is 1. The Bertz CT molecular complexity index is 354. The molecule has 0 unspecified atom stereocenters. The molecule has 1 aromatic carbocycles. The predicted octanol–water partition coefficient (Wildman–Crippen LogP) is 1.83. The van der Waals surface area contributed by atoms with Gasteiger partial charge in [-0.2, -0.15) is 0 Å². The molecule has 1 aromatic rings. The monoisotopic (exact) mass is 262 g/mol. The summed E-state index contributed by atoms with van der Waals surface area (Å²) in [5, 5.41) is 3.27. The molecule has 1 saturated heterocycles. The maximum absolute atomic E-state index is 13.3. The Labute approximate surface area is 106 Å². The van der Waals surface area contributed by atoms with E-state index in [4.69, 9.17) is 0 Å². The zero-order valence-corrected chi connectivity index (χ0v) is 10.4. The topological polar surface area (TPSA) is 15.3 Å². The van der Waals surface area contributed by atoms with Gasteiger partial charge in [-0.15, -0.1) is 12.4 Å². The smallest absolute Gasteiger partial charge is 0.129 e. The van der Waals surface area contributed by atoms with Crippen LogP contribution in [0.2, 0.25) is 0 Å². The average Bonchev–Trinajstić information content (AvgIpc) is 2.29. The van der Waals surface area contributed by atoms with Crippen LogP contribution in [0.5, 0.6) is 0 Å². The molecule has 0 saturated carbocycles. The van der Waals surface area contributed by atoms with Gasteiger partial charge in [0.15, 0.2) is 0 Å². The molecular weight excluding hydrogens is 246 g/mol. The number of benzene rings is 1. The molecule has 17 heavy (non-hydrogen) atoms. The first-order valence-electron chi connectivity index (χ1n) is 5.63. The van der Waals surface area contributed by atoms with Crippen LogP contribution in [0.1, 0.15) is 5.56 Å². The first-order valence-corrected chi connectivity index (χ1v) is 5.63. The van der Waals surface area contributed by atoms with Crippen LogP contribution in [-0.2, 0) is 6.42 Å². The number of piperazine rings is 1. The van der Waals surface area contributed by atoms with Crippen LogP contribution in [0.25, 0.3) is 0 Å². The zero-order valence-electron chi connectivity index (χ0n) is 9.59. The molecule has 1 aliphatic rings. The first-order chi connectivity index (χ1) is 7.75. The fourth-order valence-electron chi connectivity index (χ4n) is 1.94. The molecule has 0 bridgehead atoms. The largest absolute Gasteiger partial charge is 0.314 e. The lowest BCUT2D eigenvalue weighted by molar-refractivity contribution is 0.243. The number of nitrogens with one attached hydrogen (secondary N) is 1. The average molecular weight is 263 g/mol. The lowest BCUT2D eigenvalue weighted by atomic mass is 10.1. The van der Waals surface area contributed by atoms with Crippen LogP contribution >= 0.6 is 12.4 Å². The second kappa shape index (κ2) is 6.89. The van der Waals surface area contributed by atoms with Crippen molar-refractivity contribution in [3.05, 3.63) is 35.4 Å². The van der Waals surface area contributed by atoms with E-state index in [9.17, 15) is 8.78 Å². The molecule has 0 atom stereocenters. The maximum atomic E-state index is 13.3.